The highest BCUT2D eigenvalue weighted by Crippen LogP contribution is 2.19. The minimum absolute atomic E-state index is 0.369. The van der Waals surface area contributed by atoms with Gasteiger partial charge in [0.1, 0.15) is 4.87 Å². The monoisotopic (exact) mass is 150 g/mol. The summed E-state index contributed by atoms with van der Waals surface area (Å²) in [4.78, 5) is 9.87. The van der Waals surface area contributed by atoms with Crippen LogP contribution in [0.25, 0.3) is 0 Å². The van der Waals surface area contributed by atoms with Gasteiger partial charge in [0.25, 0.3) is 0 Å². The highest BCUT2D eigenvalue weighted by molar-refractivity contribution is 6.33. The summed E-state index contributed by atoms with van der Waals surface area (Å²) in [5.74, 6) is -0.369. The minimum Gasteiger partial charge on any atom is -0.468 e. The fraction of sp³-hybridized carbons (Fsp3) is 0.833. The quantitative estimate of drug-likeness (QED) is 0.441. The molecule has 0 spiro atoms. The first kappa shape index (κ1) is 8.76. The first-order chi connectivity index (χ1) is 4.04. The van der Waals surface area contributed by atoms with Gasteiger partial charge in [0.2, 0.25) is 0 Å². The van der Waals surface area contributed by atoms with Gasteiger partial charge in [0.05, 0.1) is 7.11 Å². The van der Waals surface area contributed by atoms with Crippen LogP contribution in [0.15, 0.2) is 0 Å². The Morgan fingerprint density at radius 2 is 2.22 bits per heavy atom. The van der Waals surface area contributed by atoms with Crippen molar-refractivity contribution in [3.05, 3.63) is 0 Å². The average molecular weight is 151 g/mol. The van der Waals surface area contributed by atoms with Crippen molar-refractivity contribution in [1.29, 1.82) is 0 Å². The van der Waals surface area contributed by atoms with Crippen LogP contribution in [0.1, 0.15) is 20.3 Å². The van der Waals surface area contributed by atoms with Crippen LogP contribution in [-0.4, -0.2) is 18.0 Å². The molecule has 0 aromatic carbocycles. The number of carbonyl (C=O) groups excluding carboxylic acids is 1. The number of esters is 1. The topological polar surface area (TPSA) is 26.3 Å². The van der Waals surface area contributed by atoms with Crippen LogP contribution in [0, 0.1) is 0 Å². The number of hydrogen-bond donors (Lipinski definition) is 0. The second-order valence-corrected chi connectivity index (χ2v) is 2.88. The normalized spacial score (nSPS) is 16.4. The van der Waals surface area contributed by atoms with E-state index in [0.29, 0.717) is 6.42 Å². The summed E-state index contributed by atoms with van der Waals surface area (Å²) >= 11 is 5.70. The van der Waals surface area contributed by atoms with E-state index in [4.69, 9.17) is 11.6 Å². The van der Waals surface area contributed by atoms with Gasteiger partial charge < -0.3 is 4.74 Å². The zero-order valence-electron chi connectivity index (χ0n) is 5.90. The molecular formula is C6H11ClO2. The van der Waals surface area contributed by atoms with Gasteiger partial charge in [0.15, 0.2) is 0 Å². The molecule has 54 valence electrons. The summed E-state index contributed by atoms with van der Waals surface area (Å²) in [5, 5.41) is 0. The Balaban J connectivity index is 3.97. The highest BCUT2D eigenvalue weighted by Gasteiger charge is 2.28. The van der Waals surface area contributed by atoms with Gasteiger partial charge in [-0.2, -0.15) is 0 Å². The number of ether oxygens (including phenoxy) is 1. The third-order valence-corrected chi connectivity index (χ3v) is 1.70. The molecule has 3 heteroatoms. The van der Waals surface area contributed by atoms with E-state index < -0.39 is 4.87 Å². The van der Waals surface area contributed by atoms with Crippen molar-refractivity contribution >= 4 is 17.6 Å². The Bertz CT molecular complexity index is 110. The second-order valence-electron chi connectivity index (χ2n) is 2.04. The van der Waals surface area contributed by atoms with E-state index in [1.165, 1.54) is 7.11 Å². The molecule has 0 rings (SSSR count). The maximum absolute atomic E-state index is 10.7. The average Bonchev–Trinajstić information content (AvgIpc) is 1.86. The molecule has 0 amide bonds. The van der Waals surface area contributed by atoms with Crippen molar-refractivity contribution in [2.24, 2.45) is 0 Å². The van der Waals surface area contributed by atoms with E-state index in [1.54, 1.807) is 6.92 Å². The molecule has 0 aromatic heterocycles. The Kier molecular flexibility index (Phi) is 2.98. The van der Waals surface area contributed by atoms with Crippen LogP contribution >= 0.6 is 11.6 Å². The standard InChI is InChI=1S/C6H11ClO2/c1-4-6(2,7)5(8)9-3/h4H2,1-3H3/t6-/m0/s1. The summed E-state index contributed by atoms with van der Waals surface area (Å²) in [6, 6.07) is 0. The molecule has 0 unspecified atom stereocenters. The lowest BCUT2D eigenvalue weighted by atomic mass is 10.1. The molecule has 0 radical (unpaired) electrons. The van der Waals surface area contributed by atoms with E-state index in [0.717, 1.165) is 0 Å². The van der Waals surface area contributed by atoms with Crippen molar-refractivity contribution < 1.29 is 9.53 Å². The molecule has 0 saturated carbocycles. The van der Waals surface area contributed by atoms with Crippen LogP contribution in [0.3, 0.4) is 0 Å². The first-order valence-corrected chi connectivity index (χ1v) is 3.19. The molecular weight excluding hydrogens is 140 g/mol. The molecule has 9 heavy (non-hydrogen) atoms. The molecule has 0 aliphatic carbocycles. The third kappa shape index (κ3) is 2.22. The largest absolute Gasteiger partial charge is 0.468 e. The van der Waals surface area contributed by atoms with E-state index >= 15 is 0 Å². The third-order valence-electron chi connectivity index (χ3n) is 1.27. The molecule has 0 aliphatic heterocycles. The molecule has 0 saturated heterocycles. The van der Waals surface area contributed by atoms with Crippen molar-refractivity contribution in [3.8, 4) is 0 Å². The van der Waals surface area contributed by atoms with Crippen molar-refractivity contribution in [3.63, 3.8) is 0 Å². The Hall–Kier alpha value is -0.240. The van der Waals surface area contributed by atoms with Gasteiger partial charge in [0, 0.05) is 0 Å². The molecule has 0 aromatic rings. The van der Waals surface area contributed by atoms with Crippen molar-refractivity contribution in [2.75, 3.05) is 7.11 Å². The van der Waals surface area contributed by atoms with E-state index in [1.807, 2.05) is 6.92 Å². The van der Waals surface area contributed by atoms with Crippen LogP contribution in [0.5, 0.6) is 0 Å². The summed E-state index contributed by atoms with van der Waals surface area (Å²) in [7, 11) is 1.33. The predicted octanol–water partition coefficient (Wildman–Crippen LogP) is 1.57. The van der Waals surface area contributed by atoms with Gasteiger partial charge in [-0.15, -0.1) is 11.6 Å². The molecule has 0 bridgehead atoms. The fourth-order valence-electron chi connectivity index (χ4n) is 0.357. The van der Waals surface area contributed by atoms with E-state index in [-0.39, 0.29) is 5.97 Å². The Labute approximate surface area is 60.1 Å². The number of carbonyl (C=O) groups is 1. The molecule has 0 aliphatic rings. The molecule has 0 N–H and O–H groups in total. The maximum Gasteiger partial charge on any atom is 0.326 e. The van der Waals surface area contributed by atoms with E-state index in [2.05, 4.69) is 4.74 Å². The molecule has 0 heterocycles. The lowest BCUT2D eigenvalue weighted by Crippen LogP contribution is -2.28. The van der Waals surface area contributed by atoms with Gasteiger partial charge in [-0.05, 0) is 13.3 Å². The van der Waals surface area contributed by atoms with Gasteiger partial charge in [-0.3, -0.25) is 4.79 Å². The predicted molar refractivity (Wildman–Crippen MR) is 36.6 cm³/mol. The van der Waals surface area contributed by atoms with Gasteiger partial charge in [-0.25, -0.2) is 0 Å². The fourth-order valence-corrected chi connectivity index (χ4v) is 0.434. The van der Waals surface area contributed by atoms with Crippen molar-refractivity contribution in [2.45, 2.75) is 25.1 Å². The Morgan fingerprint density at radius 3 is 2.33 bits per heavy atom. The molecule has 0 fully saturated rings. The molecule has 2 nitrogen and oxygen atoms in total. The molecule has 1 atom stereocenters. The zero-order chi connectivity index (χ0) is 7.49. The second kappa shape index (κ2) is 3.06. The summed E-state index contributed by atoms with van der Waals surface area (Å²) < 4.78 is 4.44. The van der Waals surface area contributed by atoms with Crippen LogP contribution in [0.4, 0.5) is 0 Å². The summed E-state index contributed by atoms with van der Waals surface area (Å²) in [5.41, 5.74) is 0. The van der Waals surface area contributed by atoms with Crippen LogP contribution < -0.4 is 0 Å². The zero-order valence-corrected chi connectivity index (χ0v) is 6.66. The summed E-state index contributed by atoms with van der Waals surface area (Å²) in [6.45, 7) is 3.48. The maximum atomic E-state index is 10.7. The number of rotatable bonds is 2. The first-order valence-electron chi connectivity index (χ1n) is 2.82. The lowest BCUT2D eigenvalue weighted by molar-refractivity contribution is -0.143. The van der Waals surface area contributed by atoms with Crippen molar-refractivity contribution in [1.82, 2.24) is 0 Å². The van der Waals surface area contributed by atoms with Gasteiger partial charge in [-0.1, -0.05) is 6.92 Å². The summed E-state index contributed by atoms with van der Waals surface area (Å²) in [6.07, 6.45) is 0.585. The van der Waals surface area contributed by atoms with Crippen LogP contribution in [0.2, 0.25) is 0 Å². The number of alkyl halides is 1. The Morgan fingerprint density at radius 1 is 1.78 bits per heavy atom. The highest BCUT2D eigenvalue weighted by atomic mass is 35.5. The lowest BCUT2D eigenvalue weighted by Gasteiger charge is -2.15. The van der Waals surface area contributed by atoms with Gasteiger partial charge >= 0.3 is 5.97 Å². The number of methoxy groups -OCH3 is 1. The smallest absolute Gasteiger partial charge is 0.326 e. The number of halogens is 1. The minimum atomic E-state index is -0.839. The van der Waals surface area contributed by atoms with E-state index in [9.17, 15) is 4.79 Å². The van der Waals surface area contributed by atoms with Crippen LogP contribution in [-0.2, 0) is 9.53 Å². The number of hydrogen-bond acceptors (Lipinski definition) is 2. The SMILES string of the molecule is CC[C@](C)(Cl)C(=O)OC.